The van der Waals surface area contributed by atoms with Gasteiger partial charge in [0.2, 0.25) is 0 Å². The Morgan fingerprint density at radius 2 is 1.13 bits per heavy atom. The van der Waals surface area contributed by atoms with E-state index >= 15 is 0 Å². The molecule has 2 atom stereocenters. The molecule has 0 spiro atoms. The van der Waals surface area contributed by atoms with Crippen molar-refractivity contribution in [3.05, 3.63) is 46.3 Å². The molecule has 0 N–H and O–H groups in total. The van der Waals surface area contributed by atoms with Crippen LogP contribution in [0.15, 0.2) is 46.3 Å². The molecule has 0 amide bonds. The standard InChI is InChI=1S/C25H26O5/c26-17-7-5-15-9-21(29-19(15)11-17)23(13-1-2-13)25(28)24(14-3-4-14)22-10-16-6-8-18(27)12-20(16)30-22/h11-16H,1-10H2/b23-21-,24-22-. The van der Waals surface area contributed by atoms with Crippen molar-refractivity contribution in [3.8, 4) is 0 Å². The zero-order chi connectivity index (χ0) is 20.4. The largest absolute Gasteiger partial charge is 0.465 e. The summed E-state index contributed by atoms with van der Waals surface area (Å²) in [5, 5.41) is 0. The zero-order valence-corrected chi connectivity index (χ0v) is 17.1. The minimum absolute atomic E-state index is 0.0983. The Bertz CT molecular complexity index is 905. The fourth-order valence-electron chi connectivity index (χ4n) is 5.36. The fraction of sp³-hybridized carbons (Fsp3) is 0.560. The van der Waals surface area contributed by atoms with Gasteiger partial charge in [0.05, 0.1) is 0 Å². The van der Waals surface area contributed by atoms with E-state index in [2.05, 4.69) is 0 Å². The molecule has 2 saturated heterocycles. The average Bonchev–Trinajstić information content (AvgIpc) is 3.62. The molecular formula is C25H26O5. The maximum atomic E-state index is 13.9. The summed E-state index contributed by atoms with van der Waals surface area (Å²) >= 11 is 0. The summed E-state index contributed by atoms with van der Waals surface area (Å²) < 4.78 is 12.2. The summed E-state index contributed by atoms with van der Waals surface area (Å²) in [6, 6.07) is 0. The first-order valence-electron chi connectivity index (χ1n) is 11.4. The number of Topliss-reactive ketones (excluding diaryl/α,β-unsaturated/α-hetero) is 1. The Balaban J connectivity index is 1.36. The number of hydrogen-bond acceptors (Lipinski definition) is 5. The number of carbonyl (C=O) groups excluding carboxylic acids is 3. The van der Waals surface area contributed by atoms with Gasteiger partial charge in [0.25, 0.3) is 0 Å². The van der Waals surface area contributed by atoms with Crippen LogP contribution in [-0.4, -0.2) is 17.3 Å². The minimum Gasteiger partial charge on any atom is -0.465 e. The topological polar surface area (TPSA) is 69.7 Å². The van der Waals surface area contributed by atoms with Crippen molar-refractivity contribution < 1.29 is 23.9 Å². The molecule has 4 aliphatic carbocycles. The summed E-state index contributed by atoms with van der Waals surface area (Å²) in [5.41, 5.74) is 1.66. The summed E-state index contributed by atoms with van der Waals surface area (Å²) in [6.07, 6.45) is 11.6. The predicted molar refractivity (Wildman–Crippen MR) is 108 cm³/mol. The average molecular weight is 406 g/mol. The smallest absolute Gasteiger partial charge is 0.192 e. The number of hydrogen-bond donors (Lipinski definition) is 0. The van der Waals surface area contributed by atoms with Crippen molar-refractivity contribution >= 4 is 17.3 Å². The van der Waals surface area contributed by atoms with Gasteiger partial charge in [-0.1, -0.05) is 0 Å². The van der Waals surface area contributed by atoms with E-state index in [4.69, 9.17) is 9.47 Å². The van der Waals surface area contributed by atoms with Crippen LogP contribution in [0.2, 0.25) is 0 Å². The Labute approximate surface area is 175 Å². The van der Waals surface area contributed by atoms with Crippen molar-refractivity contribution in [2.45, 2.75) is 64.2 Å². The molecule has 0 bridgehead atoms. The van der Waals surface area contributed by atoms with Gasteiger partial charge in [0, 0.05) is 60.8 Å². The van der Waals surface area contributed by atoms with Crippen molar-refractivity contribution in [1.29, 1.82) is 0 Å². The van der Waals surface area contributed by atoms with E-state index in [1.807, 2.05) is 0 Å². The number of allylic oxidation sites excluding steroid dienone is 8. The molecule has 2 unspecified atom stereocenters. The van der Waals surface area contributed by atoms with Gasteiger partial charge in [0.15, 0.2) is 17.3 Å². The molecule has 6 rings (SSSR count). The Hall–Kier alpha value is -2.43. The van der Waals surface area contributed by atoms with Crippen LogP contribution >= 0.6 is 0 Å². The Kier molecular flexibility index (Phi) is 4.15. The maximum absolute atomic E-state index is 13.9. The van der Waals surface area contributed by atoms with Gasteiger partial charge in [-0.2, -0.15) is 0 Å². The molecule has 2 aliphatic heterocycles. The number of rotatable bonds is 4. The third-order valence-electron chi connectivity index (χ3n) is 7.30. The summed E-state index contributed by atoms with van der Waals surface area (Å²) in [6.45, 7) is 0. The predicted octanol–water partition coefficient (Wildman–Crippen LogP) is 4.45. The molecule has 0 aromatic heterocycles. The highest BCUT2D eigenvalue weighted by atomic mass is 16.5. The molecular weight excluding hydrogens is 380 g/mol. The van der Waals surface area contributed by atoms with E-state index in [1.54, 1.807) is 12.2 Å². The van der Waals surface area contributed by atoms with Gasteiger partial charge >= 0.3 is 0 Å². The van der Waals surface area contributed by atoms with E-state index in [0.717, 1.165) is 85.5 Å². The summed E-state index contributed by atoms with van der Waals surface area (Å²) in [7, 11) is 0. The van der Waals surface area contributed by atoms with Crippen molar-refractivity contribution in [2.75, 3.05) is 0 Å². The van der Waals surface area contributed by atoms with E-state index < -0.39 is 0 Å². The summed E-state index contributed by atoms with van der Waals surface area (Å²) in [4.78, 5) is 37.5. The van der Waals surface area contributed by atoms with Crippen LogP contribution in [0.4, 0.5) is 0 Å². The third-order valence-corrected chi connectivity index (χ3v) is 7.30. The zero-order valence-electron chi connectivity index (χ0n) is 17.1. The van der Waals surface area contributed by atoms with E-state index in [9.17, 15) is 14.4 Å². The second-order valence-electron chi connectivity index (χ2n) is 9.66. The van der Waals surface area contributed by atoms with Gasteiger partial charge in [-0.15, -0.1) is 0 Å². The highest BCUT2D eigenvalue weighted by Gasteiger charge is 2.45. The van der Waals surface area contributed by atoms with Crippen LogP contribution in [0.25, 0.3) is 0 Å². The molecule has 5 heteroatoms. The first-order chi connectivity index (χ1) is 14.6. The highest BCUT2D eigenvalue weighted by molar-refractivity contribution is 6.10. The van der Waals surface area contributed by atoms with Gasteiger partial charge in [-0.25, -0.2) is 0 Å². The highest BCUT2D eigenvalue weighted by Crippen LogP contribution is 2.51. The third kappa shape index (κ3) is 3.19. The maximum Gasteiger partial charge on any atom is 0.192 e. The van der Waals surface area contributed by atoms with Gasteiger partial charge in [-0.05, 0) is 50.4 Å². The molecule has 0 radical (unpaired) electrons. The van der Waals surface area contributed by atoms with Crippen LogP contribution in [0.5, 0.6) is 0 Å². The van der Waals surface area contributed by atoms with E-state index in [1.165, 1.54) is 0 Å². The lowest BCUT2D eigenvalue weighted by Crippen LogP contribution is -2.15. The summed E-state index contributed by atoms with van der Waals surface area (Å²) in [5.74, 6) is 4.41. The molecule has 156 valence electrons. The molecule has 5 nitrogen and oxygen atoms in total. The SMILES string of the molecule is O=C1C=C2O/C(=C(\C(=O)/C(=C3/CC4CCC(=O)C=C4O3)C3CC3)C3CC3)CC2CC1. The fourth-order valence-corrected chi connectivity index (χ4v) is 5.36. The molecule has 2 heterocycles. The lowest BCUT2D eigenvalue weighted by atomic mass is 9.87. The second kappa shape index (κ2) is 6.79. The Morgan fingerprint density at radius 1 is 0.700 bits per heavy atom. The van der Waals surface area contributed by atoms with E-state index in [0.29, 0.717) is 12.8 Å². The van der Waals surface area contributed by atoms with Gasteiger partial charge < -0.3 is 9.47 Å². The van der Waals surface area contributed by atoms with Crippen LogP contribution in [-0.2, 0) is 23.9 Å². The monoisotopic (exact) mass is 406 g/mol. The van der Waals surface area contributed by atoms with Crippen molar-refractivity contribution in [2.24, 2.45) is 23.7 Å². The van der Waals surface area contributed by atoms with Crippen LogP contribution in [0.3, 0.4) is 0 Å². The first kappa shape index (κ1) is 18.3. The lowest BCUT2D eigenvalue weighted by Gasteiger charge is -2.14. The van der Waals surface area contributed by atoms with Gasteiger partial charge in [-0.3, -0.25) is 14.4 Å². The second-order valence-corrected chi connectivity index (χ2v) is 9.66. The van der Waals surface area contributed by atoms with Crippen LogP contribution in [0.1, 0.15) is 64.2 Å². The number of carbonyl (C=O) groups is 3. The van der Waals surface area contributed by atoms with Crippen LogP contribution < -0.4 is 0 Å². The molecule has 4 fully saturated rings. The first-order valence-corrected chi connectivity index (χ1v) is 11.4. The lowest BCUT2D eigenvalue weighted by molar-refractivity contribution is -0.116. The molecule has 0 aromatic rings. The molecule has 30 heavy (non-hydrogen) atoms. The molecule has 6 aliphatic rings. The Morgan fingerprint density at radius 3 is 1.53 bits per heavy atom. The minimum atomic E-state index is 0.0983. The van der Waals surface area contributed by atoms with Crippen molar-refractivity contribution in [1.82, 2.24) is 0 Å². The number of fused-ring (bicyclic) bond motifs is 2. The number of ether oxygens (including phenoxy) is 2. The molecule has 2 saturated carbocycles. The number of ketones is 3. The normalized spacial score (nSPS) is 33.7. The van der Waals surface area contributed by atoms with E-state index in [-0.39, 0.29) is 41.0 Å². The van der Waals surface area contributed by atoms with Crippen LogP contribution in [0, 0.1) is 23.7 Å². The quantitative estimate of drug-likeness (QED) is 0.645. The van der Waals surface area contributed by atoms with Crippen molar-refractivity contribution in [3.63, 3.8) is 0 Å². The van der Waals surface area contributed by atoms with Gasteiger partial charge in [0.1, 0.15) is 23.0 Å². The molecule has 0 aromatic carbocycles.